The largest absolute Gasteiger partial charge is 0.395 e. The van der Waals surface area contributed by atoms with Gasteiger partial charge in [-0.2, -0.15) is 5.10 Å². The van der Waals surface area contributed by atoms with Crippen LogP contribution < -0.4 is 5.73 Å². The van der Waals surface area contributed by atoms with Crippen LogP contribution in [0.4, 0.5) is 10.1 Å². The first kappa shape index (κ1) is 14.0. The molecule has 106 valence electrons. The van der Waals surface area contributed by atoms with Gasteiger partial charge in [0.2, 0.25) is 0 Å². The summed E-state index contributed by atoms with van der Waals surface area (Å²) in [5.74, 6) is -0.668. The fourth-order valence-electron chi connectivity index (χ4n) is 1.95. The van der Waals surface area contributed by atoms with Gasteiger partial charge in [-0.05, 0) is 12.5 Å². The Morgan fingerprint density at radius 1 is 1.45 bits per heavy atom. The van der Waals surface area contributed by atoms with E-state index in [0.717, 1.165) is 5.69 Å². The van der Waals surface area contributed by atoms with Crippen LogP contribution in [0.25, 0.3) is 0 Å². The lowest BCUT2D eigenvalue weighted by Gasteiger charge is -2.16. The van der Waals surface area contributed by atoms with E-state index in [1.807, 2.05) is 6.92 Å². The highest BCUT2D eigenvalue weighted by Crippen LogP contribution is 2.17. The van der Waals surface area contributed by atoms with Gasteiger partial charge >= 0.3 is 0 Å². The van der Waals surface area contributed by atoms with E-state index in [1.54, 1.807) is 25.2 Å². The lowest BCUT2D eigenvalue weighted by atomic mass is 10.2. The van der Waals surface area contributed by atoms with Crippen LogP contribution in [-0.2, 0) is 13.0 Å². The second kappa shape index (κ2) is 5.73. The third kappa shape index (κ3) is 2.64. The molecule has 0 unspecified atom stereocenters. The number of halogens is 1. The summed E-state index contributed by atoms with van der Waals surface area (Å²) in [7, 11) is 1.59. The van der Waals surface area contributed by atoms with Crippen LogP contribution in [-0.4, -0.2) is 28.1 Å². The molecule has 0 fully saturated rings. The summed E-state index contributed by atoms with van der Waals surface area (Å²) < 4.78 is 13.6. The normalized spacial score (nSPS) is 10.6. The number of H-pyrrole nitrogens is 1. The van der Waals surface area contributed by atoms with Gasteiger partial charge in [-0.25, -0.2) is 4.39 Å². The molecule has 6 heteroatoms. The van der Waals surface area contributed by atoms with Crippen molar-refractivity contribution < 1.29 is 9.18 Å². The molecule has 1 aromatic carbocycles. The lowest BCUT2D eigenvalue weighted by Crippen LogP contribution is -2.27. The van der Waals surface area contributed by atoms with Crippen LogP contribution in [0.1, 0.15) is 28.7 Å². The zero-order valence-corrected chi connectivity index (χ0v) is 11.5. The Bertz CT molecular complexity index is 623. The van der Waals surface area contributed by atoms with Gasteiger partial charge < -0.3 is 10.6 Å². The average Bonchev–Trinajstić information content (AvgIpc) is 2.81. The first-order valence-electron chi connectivity index (χ1n) is 6.36. The van der Waals surface area contributed by atoms with Crippen LogP contribution in [0.5, 0.6) is 0 Å². The second-order valence-corrected chi connectivity index (χ2v) is 4.57. The molecular weight excluding hydrogens is 259 g/mol. The van der Waals surface area contributed by atoms with E-state index in [-0.39, 0.29) is 24.0 Å². The Balaban J connectivity index is 2.17. The zero-order chi connectivity index (χ0) is 14.7. The van der Waals surface area contributed by atoms with E-state index in [1.165, 1.54) is 11.0 Å². The maximum Gasteiger partial charge on any atom is 0.276 e. The summed E-state index contributed by atoms with van der Waals surface area (Å²) in [5.41, 5.74) is 7.58. The minimum absolute atomic E-state index is 0.166. The molecule has 5 nitrogen and oxygen atoms in total. The monoisotopic (exact) mass is 276 g/mol. The number of anilines is 1. The standard InChI is InChI=1S/C14H17FN4O/c1-3-11-12(16)13(18-17-11)14(20)19(2)8-9-6-4-5-7-10(9)15/h4-7H,3,8,16H2,1-2H3,(H,17,18). The molecule has 2 rings (SSSR count). The number of benzene rings is 1. The van der Waals surface area contributed by atoms with Gasteiger partial charge in [0.05, 0.1) is 11.4 Å². The molecule has 0 bridgehead atoms. The second-order valence-electron chi connectivity index (χ2n) is 4.57. The van der Waals surface area contributed by atoms with Gasteiger partial charge in [-0.1, -0.05) is 25.1 Å². The topological polar surface area (TPSA) is 75.0 Å². The Kier molecular flexibility index (Phi) is 4.02. The minimum Gasteiger partial charge on any atom is -0.395 e. The maximum absolute atomic E-state index is 13.6. The Morgan fingerprint density at radius 2 is 2.15 bits per heavy atom. The number of nitrogen functional groups attached to an aromatic ring is 1. The van der Waals surface area contributed by atoms with Crippen molar-refractivity contribution in [2.45, 2.75) is 19.9 Å². The highest BCUT2D eigenvalue weighted by Gasteiger charge is 2.20. The number of hydrogen-bond acceptors (Lipinski definition) is 3. The summed E-state index contributed by atoms with van der Waals surface area (Å²) in [6.07, 6.45) is 0.670. The molecule has 1 heterocycles. The number of aromatic amines is 1. The molecule has 0 aliphatic carbocycles. The summed E-state index contributed by atoms with van der Waals surface area (Å²) in [6.45, 7) is 2.08. The first-order chi connectivity index (χ1) is 9.54. The summed E-state index contributed by atoms with van der Waals surface area (Å²) in [6, 6.07) is 6.35. The van der Waals surface area contributed by atoms with Crippen molar-refractivity contribution in [2.75, 3.05) is 12.8 Å². The first-order valence-corrected chi connectivity index (χ1v) is 6.36. The van der Waals surface area contributed by atoms with Gasteiger partial charge in [-0.3, -0.25) is 9.89 Å². The van der Waals surface area contributed by atoms with E-state index >= 15 is 0 Å². The van der Waals surface area contributed by atoms with Crippen molar-refractivity contribution >= 4 is 11.6 Å². The van der Waals surface area contributed by atoms with E-state index in [0.29, 0.717) is 17.7 Å². The third-order valence-corrected chi connectivity index (χ3v) is 3.15. The van der Waals surface area contributed by atoms with Crippen LogP contribution in [0.15, 0.2) is 24.3 Å². The molecule has 0 radical (unpaired) electrons. The molecule has 0 spiro atoms. The summed E-state index contributed by atoms with van der Waals surface area (Å²) in [4.78, 5) is 13.6. The van der Waals surface area contributed by atoms with Crippen LogP contribution >= 0.6 is 0 Å². The average molecular weight is 276 g/mol. The smallest absolute Gasteiger partial charge is 0.276 e. The van der Waals surface area contributed by atoms with Gasteiger partial charge in [0.25, 0.3) is 5.91 Å². The highest BCUT2D eigenvalue weighted by molar-refractivity contribution is 5.97. The van der Waals surface area contributed by atoms with Crippen molar-refractivity contribution in [2.24, 2.45) is 0 Å². The van der Waals surface area contributed by atoms with Crippen molar-refractivity contribution in [1.82, 2.24) is 15.1 Å². The lowest BCUT2D eigenvalue weighted by molar-refractivity contribution is 0.0779. The number of nitrogens with zero attached hydrogens (tertiary/aromatic N) is 2. The van der Waals surface area contributed by atoms with Crippen LogP contribution in [0.3, 0.4) is 0 Å². The maximum atomic E-state index is 13.6. The number of hydrogen-bond donors (Lipinski definition) is 2. The van der Waals surface area contributed by atoms with Gasteiger partial charge in [0.1, 0.15) is 5.82 Å². The predicted octanol–water partition coefficient (Wildman–Crippen LogP) is 1.97. The number of aromatic nitrogens is 2. The zero-order valence-electron chi connectivity index (χ0n) is 11.5. The number of aryl methyl sites for hydroxylation is 1. The number of rotatable bonds is 4. The SMILES string of the molecule is CCc1[nH]nc(C(=O)N(C)Cc2ccccc2F)c1N. The van der Waals surface area contributed by atoms with E-state index < -0.39 is 0 Å². The number of nitrogens with one attached hydrogen (secondary N) is 1. The number of carbonyl (C=O) groups excluding carboxylic acids is 1. The fourth-order valence-corrected chi connectivity index (χ4v) is 1.95. The highest BCUT2D eigenvalue weighted by atomic mass is 19.1. The molecule has 20 heavy (non-hydrogen) atoms. The fraction of sp³-hybridized carbons (Fsp3) is 0.286. The van der Waals surface area contributed by atoms with Gasteiger partial charge in [0.15, 0.2) is 5.69 Å². The molecule has 1 amide bonds. The summed E-state index contributed by atoms with van der Waals surface area (Å²) >= 11 is 0. The quantitative estimate of drug-likeness (QED) is 0.896. The molecule has 0 saturated heterocycles. The van der Waals surface area contributed by atoms with E-state index in [9.17, 15) is 9.18 Å². The van der Waals surface area contributed by atoms with Crippen molar-refractivity contribution in [3.63, 3.8) is 0 Å². The Hall–Kier alpha value is -2.37. The number of amides is 1. The molecule has 0 saturated carbocycles. The molecule has 0 atom stereocenters. The molecule has 1 aromatic heterocycles. The Morgan fingerprint density at radius 3 is 2.75 bits per heavy atom. The van der Waals surface area contributed by atoms with Crippen molar-refractivity contribution in [3.8, 4) is 0 Å². The van der Waals surface area contributed by atoms with Crippen LogP contribution in [0.2, 0.25) is 0 Å². The van der Waals surface area contributed by atoms with Crippen molar-refractivity contribution in [1.29, 1.82) is 0 Å². The third-order valence-electron chi connectivity index (χ3n) is 3.15. The van der Waals surface area contributed by atoms with E-state index in [2.05, 4.69) is 10.2 Å². The van der Waals surface area contributed by atoms with E-state index in [4.69, 9.17) is 5.73 Å². The molecule has 3 N–H and O–H groups in total. The molecule has 2 aromatic rings. The Labute approximate surface area is 116 Å². The number of carbonyl (C=O) groups is 1. The predicted molar refractivity (Wildman–Crippen MR) is 74.6 cm³/mol. The van der Waals surface area contributed by atoms with Gasteiger partial charge in [-0.15, -0.1) is 0 Å². The van der Waals surface area contributed by atoms with Crippen molar-refractivity contribution in [3.05, 3.63) is 47.0 Å². The number of nitrogens with two attached hydrogens (primary N) is 1. The summed E-state index contributed by atoms with van der Waals surface area (Å²) in [5, 5.41) is 6.67. The molecule has 0 aliphatic rings. The minimum atomic E-state index is -0.337. The van der Waals surface area contributed by atoms with Gasteiger partial charge in [0, 0.05) is 19.2 Å². The van der Waals surface area contributed by atoms with Crippen LogP contribution in [0, 0.1) is 5.82 Å². The molecular formula is C14H17FN4O. The molecule has 0 aliphatic heterocycles.